The second kappa shape index (κ2) is 4.55. The molecule has 0 atom stereocenters. The number of fused-ring (bicyclic) bond motifs is 2. The van der Waals surface area contributed by atoms with Crippen molar-refractivity contribution in [3.05, 3.63) is 63.0 Å². The first-order valence-electron chi connectivity index (χ1n) is 6.70. The van der Waals surface area contributed by atoms with Gasteiger partial charge in [0.1, 0.15) is 8.07 Å². The van der Waals surface area contributed by atoms with Crippen LogP contribution in [0.1, 0.15) is 9.75 Å². The Morgan fingerprint density at radius 2 is 1.30 bits per heavy atom. The second-order valence-corrected chi connectivity index (χ2v) is 11.0. The number of hydrogen-bond acceptors (Lipinski definition) is 2. The van der Waals surface area contributed by atoms with Gasteiger partial charge in [-0.15, -0.1) is 22.7 Å². The molecule has 0 radical (unpaired) electrons. The molecule has 0 saturated carbocycles. The molecule has 1 aromatic carbocycles. The molecule has 0 amide bonds. The minimum atomic E-state index is -1.84. The van der Waals surface area contributed by atoms with E-state index >= 15 is 0 Å². The van der Waals surface area contributed by atoms with Crippen molar-refractivity contribution in [2.45, 2.75) is 6.55 Å². The van der Waals surface area contributed by atoms with Crippen molar-refractivity contribution in [1.82, 2.24) is 0 Å². The van der Waals surface area contributed by atoms with Crippen molar-refractivity contribution in [2.75, 3.05) is 0 Å². The summed E-state index contributed by atoms with van der Waals surface area (Å²) in [5.74, 6) is 0. The monoisotopic (exact) mass is 310 g/mol. The summed E-state index contributed by atoms with van der Waals surface area (Å²) in [7, 11) is -1.84. The SMILES string of the molecule is C[Si]1(c2ccccc2)c2ccsc2C=Cc2sccc21. The standard InChI is InChI=1S/C17H14S2Si/c1-20(13-5-3-2-4-6-13)16-9-11-18-14(16)7-8-15-17(20)10-12-19-15/h2-12H,1H3. The van der Waals surface area contributed by atoms with Crippen molar-refractivity contribution in [2.24, 2.45) is 0 Å². The van der Waals surface area contributed by atoms with Crippen LogP contribution < -0.4 is 15.6 Å². The molecule has 0 N–H and O–H groups in total. The summed E-state index contributed by atoms with van der Waals surface area (Å²) in [5.41, 5.74) is 0. The quantitative estimate of drug-likeness (QED) is 0.604. The molecule has 1 aliphatic heterocycles. The van der Waals surface area contributed by atoms with E-state index in [1.165, 1.54) is 14.9 Å². The number of benzene rings is 1. The second-order valence-electron chi connectivity index (χ2n) is 5.22. The topological polar surface area (TPSA) is 0 Å². The molecular formula is C17H14S2Si. The number of hydrogen-bond donors (Lipinski definition) is 0. The van der Waals surface area contributed by atoms with Gasteiger partial charge in [0.25, 0.3) is 0 Å². The average Bonchev–Trinajstić information content (AvgIpc) is 3.13. The zero-order valence-electron chi connectivity index (χ0n) is 11.2. The molecule has 4 rings (SSSR count). The van der Waals surface area contributed by atoms with Crippen LogP contribution in [0.25, 0.3) is 12.2 Å². The summed E-state index contributed by atoms with van der Waals surface area (Å²) < 4.78 is 0. The third-order valence-electron chi connectivity index (χ3n) is 4.20. The predicted octanol–water partition coefficient (Wildman–Crippen LogP) is 3.39. The Hall–Kier alpha value is -1.42. The zero-order chi connectivity index (χ0) is 13.6. The molecule has 98 valence electrons. The van der Waals surface area contributed by atoms with Gasteiger partial charge in [-0.25, -0.2) is 0 Å². The third-order valence-corrected chi connectivity index (χ3v) is 10.8. The van der Waals surface area contributed by atoms with Gasteiger partial charge in [0.05, 0.1) is 0 Å². The van der Waals surface area contributed by atoms with Crippen LogP contribution >= 0.6 is 22.7 Å². The van der Waals surface area contributed by atoms with Gasteiger partial charge in [0.15, 0.2) is 0 Å². The summed E-state index contributed by atoms with van der Waals surface area (Å²) in [6.45, 7) is 2.49. The molecule has 0 spiro atoms. The number of thiophene rings is 2. The molecule has 3 aromatic rings. The Balaban J connectivity index is 2.08. The lowest BCUT2D eigenvalue weighted by atomic mass is 10.4. The maximum Gasteiger partial charge on any atom is 0.149 e. The molecule has 20 heavy (non-hydrogen) atoms. The van der Waals surface area contributed by atoms with Crippen molar-refractivity contribution >= 4 is 58.5 Å². The molecule has 3 heterocycles. The van der Waals surface area contributed by atoms with E-state index in [1.54, 1.807) is 10.4 Å². The lowest BCUT2D eigenvalue weighted by Gasteiger charge is -2.28. The number of rotatable bonds is 1. The maximum absolute atomic E-state index is 2.49. The highest BCUT2D eigenvalue weighted by Crippen LogP contribution is 2.24. The molecule has 0 unspecified atom stereocenters. The van der Waals surface area contributed by atoms with Crippen LogP contribution in [0.15, 0.2) is 53.2 Å². The van der Waals surface area contributed by atoms with Gasteiger partial charge in [-0.05, 0) is 38.5 Å². The van der Waals surface area contributed by atoms with Crippen LogP contribution in [0.2, 0.25) is 6.55 Å². The Morgan fingerprint density at radius 1 is 0.750 bits per heavy atom. The fraction of sp³-hybridized carbons (Fsp3) is 0.0588. The Kier molecular flexibility index (Phi) is 2.81. The van der Waals surface area contributed by atoms with Crippen LogP contribution in [0.3, 0.4) is 0 Å². The molecule has 1 aliphatic rings. The highest BCUT2D eigenvalue weighted by Gasteiger charge is 2.39. The molecule has 0 aliphatic carbocycles. The van der Waals surface area contributed by atoms with Crippen molar-refractivity contribution < 1.29 is 0 Å². The van der Waals surface area contributed by atoms with E-state index in [0.717, 1.165) is 0 Å². The Morgan fingerprint density at radius 3 is 1.85 bits per heavy atom. The van der Waals surface area contributed by atoms with Crippen LogP contribution in [0.4, 0.5) is 0 Å². The highest BCUT2D eigenvalue weighted by molar-refractivity contribution is 7.21. The Labute approximate surface area is 128 Å². The van der Waals surface area contributed by atoms with Crippen LogP contribution in [-0.4, -0.2) is 8.07 Å². The first-order valence-corrected chi connectivity index (χ1v) is 11.0. The minimum absolute atomic E-state index is 1.44. The summed E-state index contributed by atoms with van der Waals surface area (Å²) in [4.78, 5) is 2.87. The Bertz CT molecular complexity index is 736. The minimum Gasteiger partial charge on any atom is -0.145 e. The van der Waals surface area contributed by atoms with Gasteiger partial charge in [-0.3, -0.25) is 0 Å². The summed E-state index contributed by atoms with van der Waals surface area (Å²) in [6, 6.07) is 15.8. The summed E-state index contributed by atoms with van der Waals surface area (Å²) >= 11 is 3.72. The van der Waals surface area contributed by atoms with Gasteiger partial charge in [-0.2, -0.15) is 0 Å². The third kappa shape index (κ3) is 1.64. The van der Waals surface area contributed by atoms with E-state index in [0.29, 0.717) is 0 Å². The first-order chi connectivity index (χ1) is 9.80. The molecule has 0 fully saturated rings. The van der Waals surface area contributed by atoms with E-state index in [2.05, 4.69) is 71.9 Å². The van der Waals surface area contributed by atoms with Crippen LogP contribution in [0.5, 0.6) is 0 Å². The average molecular weight is 311 g/mol. The molecule has 0 saturated heterocycles. The van der Waals surface area contributed by atoms with Crippen LogP contribution in [-0.2, 0) is 0 Å². The van der Waals surface area contributed by atoms with E-state index < -0.39 is 8.07 Å². The molecule has 0 nitrogen and oxygen atoms in total. The summed E-state index contributed by atoms with van der Waals surface area (Å²) in [5, 5.41) is 9.09. The fourth-order valence-electron chi connectivity index (χ4n) is 3.11. The van der Waals surface area contributed by atoms with E-state index in [1.807, 2.05) is 22.7 Å². The van der Waals surface area contributed by atoms with E-state index in [4.69, 9.17) is 0 Å². The zero-order valence-corrected chi connectivity index (χ0v) is 13.8. The van der Waals surface area contributed by atoms with E-state index in [-0.39, 0.29) is 0 Å². The molecule has 0 bridgehead atoms. The maximum atomic E-state index is 2.49. The first kappa shape index (κ1) is 12.3. The van der Waals surface area contributed by atoms with Crippen LogP contribution in [0, 0.1) is 0 Å². The lowest BCUT2D eigenvalue weighted by molar-refractivity contribution is 1.72. The van der Waals surface area contributed by atoms with Gasteiger partial charge in [-0.1, -0.05) is 49.0 Å². The lowest BCUT2D eigenvalue weighted by Crippen LogP contribution is -2.64. The predicted molar refractivity (Wildman–Crippen MR) is 94.5 cm³/mol. The van der Waals surface area contributed by atoms with Crippen molar-refractivity contribution in [1.29, 1.82) is 0 Å². The largest absolute Gasteiger partial charge is 0.149 e. The van der Waals surface area contributed by atoms with Gasteiger partial charge in [0.2, 0.25) is 0 Å². The highest BCUT2D eigenvalue weighted by atomic mass is 32.1. The van der Waals surface area contributed by atoms with Gasteiger partial charge < -0.3 is 0 Å². The van der Waals surface area contributed by atoms with E-state index in [9.17, 15) is 0 Å². The smallest absolute Gasteiger partial charge is 0.145 e. The van der Waals surface area contributed by atoms with Gasteiger partial charge >= 0.3 is 0 Å². The molecule has 2 aromatic heterocycles. The normalized spacial score (nSPS) is 15.4. The van der Waals surface area contributed by atoms with Crippen molar-refractivity contribution in [3.63, 3.8) is 0 Å². The van der Waals surface area contributed by atoms with Gasteiger partial charge in [0, 0.05) is 9.75 Å². The summed E-state index contributed by atoms with van der Waals surface area (Å²) in [6.07, 6.45) is 4.60. The molecular weight excluding hydrogens is 296 g/mol. The molecule has 3 heteroatoms. The fourth-order valence-corrected chi connectivity index (χ4v) is 10.1. The van der Waals surface area contributed by atoms with Crippen molar-refractivity contribution in [3.8, 4) is 0 Å².